The minimum Gasteiger partial charge on any atom is -0.352 e. The quantitative estimate of drug-likeness (QED) is 0.338. The lowest BCUT2D eigenvalue weighted by Gasteiger charge is -2.29. The number of hydrogen-bond acceptors (Lipinski definition) is 7. The summed E-state index contributed by atoms with van der Waals surface area (Å²) in [5.74, 6) is -0.769. The second kappa shape index (κ2) is 9.92. The summed E-state index contributed by atoms with van der Waals surface area (Å²) < 4.78 is 1.91. The van der Waals surface area contributed by atoms with Crippen LogP contribution in [0.1, 0.15) is 53.2 Å². The Bertz CT molecular complexity index is 1730. The van der Waals surface area contributed by atoms with E-state index in [0.717, 1.165) is 39.8 Å². The second-order valence-corrected chi connectivity index (χ2v) is 10.9. The van der Waals surface area contributed by atoms with E-state index in [1.165, 1.54) is 4.90 Å². The van der Waals surface area contributed by atoms with Crippen LogP contribution in [-0.4, -0.2) is 54.3 Å². The zero-order valence-corrected chi connectivity index (χ0v) is 22.1. The number of aromatic nitrogens is 4. The van der Waals surface area contributed by atoms with Crippen molar-refractivity contribution >= 4 is 34.7 Å². The molecule has 1 saturated heterocycles. The van der Waals surface area contributed by atoms with E-state index in [2.05, 4.69) is 25.7 Å². The highest BCUT2D eigenvalue weighted by atomic mass is 16.2. The number of para-hydroxylation sites is 2. The number of benzene rings is 2. The molecule has 4 aromatic rings. The molecule has 1 saturated carbocycles. The fourth-order valence-electron chi connectivity index (χ4n) is 5.77. The molecule has 2 fully saturated rings. The number of imide groups is 1. The largest absolute Gasteiger partial charge is 0.352 e. The lowest BCUT2D eigenvalue weighted by molar-refractivity contribution is -0.137. The SMILES string of the molecule is O=C(CC1CC1n1cc(-c2cnc3ccccc3n2)cn1)NCc1ccc2c(c1)CN(C1CCC(=O)NC1=O)C2=O. The molecule has 0 radical (unpaired) electrons. The van der Waals surface area contributed by atoms with Crippen molar-refractivity contribution in [2.24, 2.45) is 5.92 Å². The van der Waals surface area contributed by atoms with E-state index in [9.17, 15) is 19.2 Å². The molecular weight excluding hydrogens is 522 g/mol. The topological polar surface area (TPSA) is 139 Å². The van der Waals surface area contributed by atoms with Crippen LogP contribution >= 0.6 is 0 Å². The lowest BCUT2D eigenvalue weighted by Crippen LogP contribution is -2.52. The number of rotatable bonds is 7. The van der Waals surface area contributed by atoms with Gasteiger partial charge in [-0.2, -0.15) is 5.10 Å². The highest BCUT2D eigenvalue weighted by Crippen LogP contribution is 2.45. The summed E-state index contributed by atoms with van der Waals surface area (Å²) in [6.07, 6.45) is 7.34. The van der Waals surface area contributed by atoms with E-state index in [0.29, 0.717) is 31.5 Å². The number of piperidine rings is 1. The van der Waals surface area contributed by atoms with Gasteiger partial charge in [-0.3, -0.25) is 34.2 Å². The van der Waals surface area contributed by atoms with E-state index >= 15 is 0 Å². The summed E-state index contributed by atoms with van der Waals surface area (Å²) in [5, 5.41) is 9.83. The molecule has 2 aromatic carbocycles. The summed E-state index contributed by atoms with van der Waals surface area (Å²) in [7, 11) is 0. The van der Waals surface area contributed by atoms with Gasteiger partial charge in [0.15, 0.2) is 0 Å². The molecule has 206 valence electrons. The van der Waals surface area contributed by atoms with E-state index in [1.54, 1.807) is 18.5 Å². The van der Waals surface area contributed by atoms with Crippen LogP contribution in [0.15, 0.2) is 61.1 Å². The first-order chi connectivity index (χ1) is 19.9. The summed E-state index contributed by atoms with van der Waals surface area (Å²) >= 11 is 0. The maximum Gasteiger partial charge on any atom is 0.255 e. The molecule has 0 spiro atoms. The van der Waals surface area contributed by atoms with Crippen LogP contribution < -0.4 is 10.6 Å². The van der Waals surface area contributed by atoms with Crippen molar-refractivity contribution in [2.75, 3.05) is 0 Å². The van der Waals surface area contributed by atoms with Gasteiger partial charge in [0.2, 0.25) is 17.7 Å². The van der Waals surface area contributed by atoms with Crippen molar-refractivity contribution in [3.05, 3.63) is 77.7 Å². The maximum atomic E-state index is 12.9. The number of fused-ring (bicyclic) bond motifs is 2. The van der Waals surface area contributed by atoms with Gasteiger partial charge in [-0.15, -0.1) is 0 Å². The van der Waals surface area contributed by atoms with Crippen molar-refractivity contribution in [2.45, 2.75) is 50.9 Å². The third-order valence-corrected chi connectivity index (χ3v) is 8.10. The molecule has 3 aliphatic rings. The van der Waals surface area contributed by atoms with Gasteiger partial charge in [0.1, 0.15) is 6.04 Å². The first kappa shape index (κ1) is 25.1. The Kier molecular flexibility index (Phi) is 6.06. The van der Waals surface area contributed by atoms with Crippen LogP contribution in [0.2, 0.25) is 0 Å². The third kappa shape index (κ3) is 4.83. The standard InChI is InChI=1S/C30H27N7O4/c38-27-8-7-25(29(40)35-27)36-15-19-9-17(5-6-21(19)30(36)41)12-32-28(39)11-18-10-26(18)37-16-20(13-33-37)24-14-31-22-3-1-2-4-23(22)34-24/h1-6,9,13-14,16,18,25-26H,7-8,10-12,15H2,(H,32,39)(H,35,38,40). The smallest absolute Gasteiger partial charge is 0.255 e. The molecule has 3 atom stereocenters. The zero-order valence-electron chi connectivity index (χ0n) is 22.1. The Morgan fingerprint density at radius 1 is 1.07 bits per heavy atom. The fraction of sp³-hybridized carbons (Fsp3) is 0.300. The van der Waals surface area contributed by atoms with Crippen LogP contribution in [0.4, 0.5) is 0 Å². The summed E-state index contributed by atoms with van der Waals surface area (Å²) in [4.78, 5) is 60.0. The number of amides is 4. The predicted molar refractivity (Wildman–Crippen MR) is 147 cm³/mol. The third-order valence-electron chi connectivity index (χ3n) is 8.10. The monoisotopic (exact) mass is 549 g/mol. The molecule has 7 rings (SSSR count). The normalized spacial score (nSPS) is 21.6. The fourth-order valence-corrected chi connectivity index (χ4v) is 5.77. The van der Waals surface area contributed by atoms with Gasteiger partial charge in [-0.25, -0.2) is 4.98 Å². The number of hydrogen-bond donors (Lipinski definition) is 2. The van der Waals surface area contributed by atoms with Gasteiger partial charge < -0.3 is 10.2 Å². The Morgan fingerprint density at radius 3 is 2.78 bits per heavy atom. The Labute approximate surface area is 235 Å². The molecule has 2 N–H and O–H groups in total. The average Bonchev–Trinajstić information content (AvgIpc) is 3.41. The summed E-state index contributed by atoms with van der Waals surface area (Å²) in [5.41, 5.74) is 5.60. The Balaban J connectivity index is 0.927. The molecular formula is C30H27N7O4. The molecule has 11 nitrogen and oxygen atoms in total. The minimum atomic E-state index is -0.645. The molecule has 41 heavy (non-hydrogen) atoms. The molecule has 4 amide bonds. The van der Waals surface area contributed by atoms with E-state index in [4.69, 9.17) is 0 Å². The van der Waals surface area contributed by atoms with Crippen LogP contribution in [0.3, 0.4) is 0 Å². The molecule has 0 bridgehead atoms. The molecule has 2 aliphatic heterocycles. The average molecular weight is 550 g/mol. The first-order valence-electron chi connectivity index (χ1n) is 13.7. The van der Waals surface area contributed by atoms with Crippen molar-refractivity contribution in [3.8, 4) is 11.3 Å². The van der Waals surface area contributed by atoms with Crippen molar-refractivity contribution in [3.63, 3.8) is 0 Å². The van der Waals surface area contributed by atoms with Crippen molar-refractivity contribution < 1.29 is 19.2 Å². The lowest BCUT2D eigenvalue weighted by atomic mass is 10.0. The molecule has 1 aliphatic carbocycles. The highest BCUT2D eigenvalue weighted by molar-refractivity contribution is 6.05. The molecule has 11 heteroatoms. The molecule has 4 heterocycles. The molecule has 2 aromatic heterocycles. The zero-order chi connectivity index (χ0) is 28.1. The van der Waals surface area contributed by atoms with Crippen LogP contribution in [0.5, 0.6) is 0 Å². The highest BCUT2D eigenvalue weighted by Gasteiger charge is 2.41. The van der Waals surface area contributed by atoms with Gasteiger partial charge in [-0.05, 0) is 48.1 Å². The number of nitrogens with one attached hydrogen (secondary N) is 2. The summed E-state index contributed by atoms with van der Waals surface area (Å²) in [6.45, 7) is 0.658. The predicted octanol–water partition coefficient (Wildman–Crippen LogP) is 2.52. The number of nitrogens with zero attached hydrogens (tertiary/aromatic N) is 5. The van der Waals surface area contributed by atoms with E-state index in [-0.39, 0.29) is 36.1 Å². The van der Waals surface area contributed by atoms with Crippen molar-refractivity contribution in [1.29, 1.82) is 0 Å². The van der Waals surface area contributed by atoms with E-state index < -0.39 is 11.9 Å². The van der Waals surface area contributed by atoms with Crippen LogP contribution in [0, 0.1) is 5.92 Å². The van der Waals surface area contributed by atoms with E-state index in [1.807, 2.05) is 47.3 Å². The first-order valence-corrected chi connectivity index (χ1v) is 13.7. The van der Waals surface area contributed by atoms with Crippen LogP contribution in [-0.2, 0) is 27.5 Å². The Hall–Kier alpha value is -4.93. The number of carbonyl (C=O) groups excluding carboxylic acids is 4. The van der Waals surface area contributed by atoms with Crippen LogP contribution in [0.25, 0.3) is 22.3 Å². The van der Waals surface area contributed by atoms with Gasteiger partial charge in [0.25, 0.3) is 5.91 Å². The summed E-state index contributed by atoms with van der Waals surface area (Å²) in [6, 6.07) is 12.7. The van der Waals surface area contributed by atoms with Gasteiger partial charge >= 0.3 is 0 Å². The number of carbonyl (C=O) groups is 4. The second-order valence-electron chi connectivity index (χ2n) is 10.9. The van der Waals surface area contributed by atoms with Gasteiger partial charge in [0, 0.05) is 43.3 Å². The van der Waals surface area contributed by atoms with Crippen molar-refractivity contribution in [1.82, 2.24) is 35.3 Å². The van der Waals surface area contributed by atoms with Gasteiger partial charge in [0.05, 0.1) is 35.2 Å². The Morgan fingerprint density at radius 2 is 1.93 bits per heavy atom. The maximum absolute atomic E-state index is 12.9. The molecule has 3 unspecified atom stereocenters. The minimum absolute atomic E-state index is 0.0352. The van der Waals surface area contributed by atoms with Gasteiger partial charge in [-0.1, -0.05) is 24.3 Å².